The zero-order chi connectivity index (χ0) is 51.3. The van der Waals surface area contributed by atoms with E-state index < -0.39 is 124 Å². The zero-order valence-corrected chi connectivity index (χ0v) is 42.3. The molecule has 412 valence electrons. The third-order valence-electron chi connectivity index (χ3n) is 13.8. The molecule has 0 bridgehead atoms. The molecule has 3 heterocycles. The van der Waals surface area contributed by atoms with E-state index in [1.807, 2.05) is 0 Å². The number of hydrogen-bond donors (Lipinski definition) is 12. The number of carbonyl (C=O) groups excluding carboxylic acids is 1. The standard InChI is InChI=1S/C51H95NO18/c1-3-5-7-9-11-13-14-15-16-17-18-19-20-21-23-25-27-29-39(57)52-34(35(56)28-26-24-22-12-10-8-6-4-2)33-65-49-45(63)42(60)47(37(31-54)67-49)70-51-46(64)43(61)48(38(32-55)68-51)69-50-44(62)41(59)40(58)36(30-53)66-50/h15-16,34-38,40-51,53-56,58-64H,3-14,17-33H2,1-2H3,(H,52,57)/b16-15-. The number of rotatable bonds is 38. The maximum absolute atomic E-state index is 13.2. The van der Waals surface area contributed by atoms with Gasteiger partial charge in [0.2, 0.25) is 5.91 Å². The number of aliphatic hydroxyl groups excluding tert-OH is 11. The summed E-state index contributed by atoms with van der Waals surface area (Å²) < 4.78 is 34.1. The van der Waals surface area contributed by atoms with Crippen LogP contribution in [0.3, 0.4) is 0 Å². The van der Waals surface area contributed by atoms with Crippen LogP contribution in [0.15, 0.2) is 12.2 Å². The minimum atomic E-state index is -1.97. The van der Waals surface area contributed by atoms with Gasteiger partial charge in [0.25, 0.3) is 0 Å². The fourth-order valence-corrected chi connectivity index (χ4v) is 9.31. The summed E-state index contributed by atoms with van der Waals surface area (Å²) in [5, 5.41) is 120. The zero-order valence-electron chi connectivity index (χ0n) is 42.3. The highest BCUT2D eigenvalue weighted by atomic mass is 16.8. The van der Waals surface area contributed by atoms with Crippen molar-refractivity contribution in [2.75, 3.05) is 26.4 Å². The third-order valence-corrected chi connectivity index (χ3v) is 13.8. The van der Waals surface area contributed by atoms with Crippen LogP contribution in [0.2, 0.25) is 0 Å². The fraction of sp³-hybridized carbons (Fsp3) is 0.941. The lowest BCUT2D eigenvalue weighted by molar-refractivity contribution is -0.379. The summed E-state index contributed by atoms with van der Waals surface area (Å²) in [5.41, 5.74) is 0. The van der Waals surface area contributed by atoms with E-state index in [1.54, 1.807) is 0 Å². The molecule has 70 heavy (non-hydrogen) atoms. The predicted molar refractivity (Wildman–Crippen MR) is 259 cm³/mol. The van der Waals surface area contributed by atoms with Crippen LogP contribution < -0.4 is 5.32 Å². The molecule has 0 aromatic carbocycles. The molecule has 3 saturated heterocycles. The van der Waals surface area contributed by atoms with Crippen LogP contribution in [0.25, 0.3) is 0 Å². The van der Waals surface area contributed by atoms with E-state index in [2.05, 4.69) is 31.3 Å². The normalized spacial score (nSPS) is 32.6. The molecule has 1 amide bonds. The van der Waals surface area contributed by atoms with E-state index >= 15 is 0 Å². The van der Waals surface area contributed by atoms with Gasteiger partial charge in [0.1, 0.15) is 73.2 Å². The van der Waals surface area contributed by atoms with Crippen LogP contribution in [0.1, 0.15) is 174 Å². The van der Waals surface area contributed by atoms with Crippen molar-refractivity contribution in [1.29, 1.82) is 0 Å². The van der Waals surface area contributed by atoms with Gasteiger partial charge in [-0.05, 0) is 38.5 Å². The van der Waals surface area contributed by atoms with Gasteiger partial charge in [0.15, 0.2) is 18.9 Å². The van der Waals surface area contributed by atoms with E-state index in [0.717, 1.165) is 57.8 Å². The highest BCUT2D eigenvalue weighted by molar-refractivity contribution is 5.76. The smallest absolute Gasteiger partial charge is 0.220 e. The Kier molecular flexibility index (Phi) is 32.7. The van der Waals surface area contributed by atoms with Gasteiger partial charge in [-0.25, -0.2) is 0 Å². The molecular weight excluding hydrogens is 915 g/mol. The molecule has 3 aliphatic rings. The van der Waals surface area contributed by atoms with E-state index in [0.29, 0.717) is 12.8 Å². The minimum absolute atomic E-state index is 0.251. The monoisotopic (exact) mass is 1010 g/mol. The Hall–Kier alpha value is -1.47. The molecule has 0 aromatic rings. The summed E-state index contributed by atoms with van der Waals surface area (Å²) in [6.45, 7) is 1.71. The molecule has 0 aromatic heterocycles. The van der Waals surface area contributed by atoms with Crippen LogP contribution in [0.5, 0.6) is 0 Å². The van der Waals surface area contributed by atoms with Crippen molar-refractivity contribution in [3.63, 3.8) is 0 Å². The van der Waals surface area contributed by atoms with Crippen molar-refractivity contribution in [2.45, 2.75) is 279 Å². The van der Waals surface area contributed by atoms with Crippen LogP contribution in [-0.2, 0) is 33.2 Å². The molecule has 12 N–H and O–H groups in total. The topological polar surface area (TPSA) is 307 Å². The summed E-state index contributed by atoms with van der Waals surface area (Å²) in [7, 11) is 0. The van der Waals surface area contributed by atoms with Gasteiger partial charge < -0.3 is 89.9 Å². The SMILES string of the molecule is CCCCCCCC/C=C\CCCCCCCCCC(=O)NC(COC1OC(CO)C(OC2OC(CO)C(OC3OC(CO)C(O)C(O)C3O)C(O)C2O)C(O)C1O)C(O)CCCCCCCCCC. The number of allylic oxidation sites excluding steroid dienone is 2. The second-order valence-corrected chi connectivity index (χ2v) is 19.7. The summed E-state index contributed by atoms with van der Waals surface area (Å²) in [5.74, 6) is -0.251. The fourth-order valence-electron chi connectivity index (χ4n) is 9.31. The van der Waals surface area contributed by atoms with Gasteiger partial charge in [-0.2, -0.15) is 0 Å². The average molecular weight is 1010 g/mol. The molecule has 17 atom stereocenters. The van der Waals surface area contributed by atoms with Crippen molar-refractivity contribution in [2.24, 2.45) is 0 Å². The first-order valence-electron chi connectivity index (χ1n) is 26.9. The quantitative estimate of drug-likeness (QED) is 0.0313. The van der Waals surface area contributed by atoms with E-state index in [-0.39, 0.29) is 18.9 Å². The molecule has 0 radical (unpaired) electrons. The van der Waals surface area contributed by atoms with Crippen LogP contribution in [-0.4, -0.2) is 193 Å². The van der Waals surface area contributed by atoms with Crippen molar-refractivity contribution >= 4 is 5.91 Å². The highest BCUT2D eigenvalue weighted by Crippen LogP contribution is 2.33. The van der Waals surface area contributed by atoms with E-state index in [1.165, 1.54) is 83.5 Å². The Labute approximate surface area is 416 Å². The number of hydrogen-bond acceptors (Lipinski definition) is 18. The lowest BCUT2D eigenvalue weighted by Gasteiger charge is -2.48. The summed E-state index contributed by atoms with van der Waals surface area (Å²) in [6, 6.07) is -0.882. The first kappa shape index (κ1) is 62.8. The number of aliphatic hydroxyl groups is 11. The molecule has 0 spiro atoms. The predicted octanol–water partition coefficient (Wildman–Crippen LogP) is 2.65. The molecule has 3 rings (SSSR count). The van der Waals surface area contributed by atoms with Gasteiger partial charge in [-0.15, -0.1) is 0 Å². The van der Waals surface area contributed by atoms with Crippen LogP contribution in [0.4, 0.5) is 0 Å². The Morgan fingerprint density at radius 3 is 1.39 bits per heavy atom. The summed E-state index contributed by atoms with van der Waals surface area (Å²) in [6.07, 6.45) is 4.79. The Balaban J connectivity index is 1.51. The summed E-state index contributed by atoms with van der Waals surface area (Å²) in [4.78, 5) is 13.2. The van der Waals surface area contributed by atoms with Crippen molar-refractivity contribution < 1.29 is 89.4 Å². The second kappa shape index (κ2) is 36.5. The van der Waals surface area contributed by atoms with Gasteiger partial charge in [0, 0.05) is 6.42 Å². The molecule has 3 fully saturated rings. The lowest BCUT2D eigenvalue weighted by atomic mass is 9.96. The third kappa shape index (κ3) is 21.8. The maximum atomic E-state index is 13.2. The average Bonchev–Trinajstić information content (AvgIpc) is 3.35. The van der Waals surface area contributed by atoms with E-state index in [9.17, 15) is 61.0 Å². The number of carbonyl (C=O) groups is 1. The summed E-state index contributed by atoms with van der Waals surface area (Å²) >= 11 is 0. The molecule has 3 aliphatic heterocycles. The van der Waals surface area contributed by atoms with Gasteiger partial charge in [-0.3, -0.25) is 4.79 Å². The second-order valence-electron chi connectivity index (χ2n) is 19.7. The number of unbranched alkanes of at least 4 members (excludes halogenated alkanes) is 20. The first-order chi connectivity index (χ1) is 33.8. The van der Waals surface area contributed by atoms with Crippen molar-refractivity contribution in [3.8, 4) is 0 Å². The van der Waals surface area contributed by atoms with E-state index in [4.69, 9.17) is 28.4 Å². The molecular formula is C51H95NO18. The molecule has 0 saturated carbocycles. The molecule has 19 heteroatoms. The number of amides is 1. The Morgan fingerprint density at radius 1 is 0.500 bits per heavy atom. The van der Waals surface area contributed by atoms with Gasteiger partial charge in [-0.1, -0.05) is 142 Å². The Bertz CT molecular complexity index is 1350. The number of nitrogens with one attached hydrogen (secondary N) is 1. The van der Waals surface area contributed by atoms with Crippen LogP contribution >= 0.6 is 0 Å². The Morgan fingerprint density at radius 2 is 0.900 bits per heavy atom. The lowest BCUT2D eigenvalue weighted by Crippen LogP contribution is -2.66. The number of ether oxygens (including phenoxy) is 6. The first-order valence-corrected chi connectivity index (χ1v) is 26.9. The van der Waals surface area contributed by atoms with Crippen LogP contribution in [0, 0.1) is 0 Å². The largest absolute Gasteiger partial charge is 0.394 e. The van der Waals surface area contributed by atoms with Crippen molar-refractivity contribution in [1.82, 2.24) is 5.32 Å². The minimum Gasteiger partial charge on any atom is -0.394 e. The molecule has 17 unspecified atom stereocenters. The van der Waals surface area contributed by atoms with Gasteiger partial charge in [0.05, 0.1) is 38.6 Å². The van der Waals surface area contributed by atoms with Crippen molar-refractivity contribution in [3.05, 3.63) is 12.2 Å². The van der Waals surface area contributed by atoms with Gasteiger partial charge >= 0.3 is 0 Å². The molecule has 0 aliphatic carbocycles. The molecule has 19 nitrogen and oxygen atoms in total. The maximum Gasteiger partial charge on any atom is 0.220 e. The highest BCUT2D eigenvalue weighted by Gasteiger charge is 2.53.